The van der Waals surface area contributed by atoms with Gasteiger partial charge in [-0.15, -0.1) is 0 Å². The van der Waals surface area contributed by atoms with E-state index in [0.29, 0.717) is 18.2 Å². The summed E-state index contributed by atoms with van der Waals surface area (Å²) in [5.74, 6) is 2.36. The van der Waals surface area contributed by atoms with Gasteiger partial charge in [-0.1, -0.05) is 19.3 Å². The van der Waals surface area contributed by atoms with Crippen molar-refractivity contribution in [3.05, 3.63) is 17.1 Å². The molecule has 1 aromatic rings. The van der Waals surface area contributed by atoms with E-state index in [1.165, 1.54) is 32.1 Å². The number of anilines is 1. The van der Waals surface area contributed by atoms with Crippen LogP contribution in [-0.2, 0) is 16.0 Å². The molecule has 0 bridgehead atoms. The highest BCUT2D eigenvalue weighted by atomic mass is 16.2. The Morgan fingerprint density at radius 1 is 1.07 bits per heavy atom. The Morgan fingerprint density at radius 2 is 1.85 bits per heavy atom. The third-order valence-electron chi connectivity index (χ3n) is 6.48. The summed E-state index contributed by atoms with van der Waals surface area (Å²) in [6.07, 6.45) is 9.41. The first kappa shape index (κ1) is 18.4. The second-order valence-corrected chi connectivity index (χ2v) is 8.35. The van der Waals surface area contributed by atoms with Crippen molar-refractivity contribution in [1.82, 2.24) is 14.9 Å². The fraction of sp³-hybridized carbons (Fsp3) is 0.714. The molecule has 1 aromatic heterocycles. The smallest absolute Gasteiger partial charge is 0.228 e. The van der Waals surface area contributed by atoms with Crippen LogP contribution in [0.15, 0.2) is 0 Å². The molecule has 1 saturated heterocycles. The molecule has 27 heavy (non-hydrogen) atoms. The lowest BCUT2D eigenvalue weighted by Gasteiger charge is -2.34. The van der Waals surface area contributed by atoms with Crippen molar-refractivity contribution >= 4 is 17.6 Å². The van der Waals surface area contributed by atoms with Gasteiger partial charge in [-0.05, 0) is 44.9 Å². The van der Waals surface area contributed by atoms with Crippen LogP contribution in [0.5, 0.6) is 0 Å². The Hall–Kier alpha value is -1.98. The summed E-state index contributed by atoms with van der Waals surface area (Å²) >= 11 is 0. The van der Waals surface area contributed by atoms with Crippen LogP contribution in [0, 0.1) is 12.8 Å². The molecule has 1 aliphatic carbocycles. The Morgan fingerprint density at radius 3 is 2.59 bits per heavy atom. The number of aromatic nitrogens is 2. The van der Waals surface area contributed by atoms with Gasteiger partial charge < -0.3 is 4.90 Å². The van der Waals surface area contributed by atoms with Gasteiger partial charge in [-0.2, -0.15) is 0 Å². The molecule has 1 atom stereocenters. The average Bonchev–Trinajstić information content (AvgIpc) is 3.15. The number of hydrogen-bond donors (Lipinski definition) is 0. The number of aryl methyl sites for hydroxylation is 1. The number of rotatable bonds is 3. The predicted molar refractivity (Wildman–Crippen MR) is 103 cm³/mol. The zero-order valence-electron chi connectivity index (χ0n) is 16.5. The van der Waals surface area contributed by atoms with Gasteiger partial charge in [0.1, 0.15) is 5.82 Å². The van der Waals surface area contributed by atoms with E-state index in [1.807, 2.05) is 16.7 Å². The van der Waals surface area contributed by atoms with Crippen LogP contribution in [0.2, 0.25) is 0 Å². The van der Waals surface area contributed by atoms with Crippen molar-refractivity contribution in [3.63, 3.8) is 0 Å². The standard InChI is InChI=1S/C21H30N4O2/c1-14-17-10-11-19(27)25(13-16-7-4-3-5-8-16)21(17)23-20(22-14)18-9-6-12-24(18)15(2)26/h16,18H,3-13H2,1-2H3. The second kappa shape index (κ2) is 7.56. The molecule has 0 aromatic carbocycles. The van der Waals surface area contributed by atoms with Gasteiger partial charge in [0.25, 0.3) is 0 Å². The molecule has 1 unspecified atom stereocenters. The molecule has 3 heterocycles. The lowest BCUT2D eigenvalue weighted by Crippen LogP contribution is -2.41. The monoisotopic (exact) mass is 370 g/mol. The van der Waals surface area contributed by atoms with E-state index < -0.39 is 0 Å². The minimum atomic E-state index is -0.0555. The highest BCUT2D eigenvalue weighted by molar-refractivity contribution is 5.95. The molecule has 4 rings (SSSR count). The molecule has 3 aliphatic rings. The largest absolute Gasteiger partial charge is 0.333 e. The quantitative estimate of drug-likeness (QED) is 0.818. The molecule has 146 valence electrons. The minimum Gasteiger partial charge on any atom is -0.333 e. The van der Waals surface area contributed by atoms with Crippen LogP contribution in [0.25, 0.3) is 0 Å². The summed E-state index contributed by atoms with van der Waals surface area (Å²) in [5, 5.41) is 0. The predicted octanol–water partition coefficient (Wildman–Crippen LogP) is 3.33. The molecule has 2 aliphatic heterocycles. The molecular weight excluding hydrogens is 340 g/mol. The van der Waals surface area contributed by atoms with E-state index in [0.717, 1.165) is 49.4 Å². The van der Waals surface area contributed by atoms with Gasteiger partial charge in [-0.25, -0.2) is 9.97 Å². The molecular formula is C21H30N4O2. The molecule has 2 fully saturated rings. The van der Waals surface area contributed by atoms with Crippen molar-refractivity contribution in [1.29, 1.82) is 0 Å². The maximum Gasteiger partial charge on any atom is 0.228 e. The Labute approximate surface area is 161 Å². The fourth-order valence-electron chi connectivity index (χ4n) is 4.98. The van der Waals surface area contributed by atoms with Gasteiger partial charge >= 0.3 is 0 Å². The molecule has 0 spiro atoms. The second-order valence-electron chi connectivity index (χ2n) is 8.35. The van der Waals surface area contributed by atoms with Crippen LogP contribution >= 0.6 is 0 Å². The Bertz CT molecular complexity index is 742. The van der Waals surface area contributed by atoms with Crippen molar-refractivity contribution in [2.24, 2.45) is 5.92 Å². The lowest BCUT2D eigenvalue weighted by atomic mass is 9.88. The van der Waals surface area contributed by atoms with Gasteiger partial charge in [0.15, 0.2) is 5.82 Å². The first-order valence-corrected chi connectivity index (χ1v) is 10.5. The summed E-state index contributed by atoms with van der Waals surface area (Å²) in [4.78, 5) is 38.2. The summed E-state index contributed by atoms with van der Waals surface area (Å²) in [7, 11) is 0. The van der Waals surface area contributed by atoms with E-state index in [1.54, 1.807) is 6.92 Å². The molecule has 0 radical (unpaired) electrons. The van der Waals surface area contributed by atoms with E-state index in [9.17, 15) is 9.59 Å². The maximum absolute atomic E-state index is 12.7. The topological polar surface area (TPSA) is 66.4 Å². The Kier molecular flexibility index (Phi) is 5.15. The molecule has 2 amide bonds. The van der Waals surface area contributed by atoms with E-state index in [4.69, 9.17) is 9.97 Å². The summed E-state index contributed by atoms with van der Waals surface area (Å²) in [5.41, 5.74) is 2.08. The summed E-state index contributed by atoms with van der Waals surface area (Å²) in [6, 6.07) is -0.0555. The summed E-state index contributed by atoms with van der Waals surface area (Å²) in [6.45, 7) is 5.18. The zero-order chi connectivity index (χ0) is 19.0. The summed E-state index contributed by atoms with van der Waals surface area (Å²) < 4.78 is 0. The van der Waals surface area contributed by atoms with E-state index >= 15 is 0 Å². The van der Waals surface area contributed by atoms with Crippen molar-refractivity contribution in [2.75, 3.05) is 18.0 Å². The van der Waals surface area contributed by atoms with Crippen molar-refractivity contribution < 1.29 is 9.59 Å². The third kappa shape index (κ3) is 3.58. The van der Waals surface area contributed by atoms with Gasteiger partial charge in [0, 0.05) is 37.7 Å². The fourth-order valence-corrected chi connectivity index (χ4v) is 4.98. The highest BCUT2D eigenvalue weighted by Gasteiger charge is 2.34. The highest BCUT2D eigenvalue weighted by Crippen LogP contribution is 2.35. The van der Waals surface area contributed by atoms with Crippen LogP contribution in [0.1, 0.15) is 81.4 Å². The molecule has 1 saturated carbocycles. The van der Waals surface area contributed by atoms with E-state index in [-0.39, 0.29) is 17.9 Å². The van der Waals surface area contributed by atoms with Crippen LogP contribution in [0.3, 0.4) is 0 Å². The van der Waals surface area contributed by atoms with Crippen LogP contribution < -0.4 is 4.90 Å². The number of nitrogens with zero attached hydrogens (tertiary/aromatic N) is 4. The molecule has 6 heteroatoms. The SMILES string of the molecule is CC(=O)N1CCCC1c1nc(C)c2c(n1)N(CC1CCCCC1)C(=O)CC2. The van der Waals surface area contributed by atoms with Crippen molar-refractivity contribution in [2.45, 2.75) is 77.7 Å². The van der Waals surface area contributed by atoms with Gasteiger partial charge in [0.2, 0.25) is 11.8 Å². The maximum atomic E-state index is 12.7. The zero-order valence-corrected chi connectivity index (χ0v) is 16.5. The number of carbonyl (C=O) groups excluding carboxylic acids is 2. The number of fused-ring (bicyclic) bond motifs is 1. The van der Waals surface area contributed by atoms with Crippen molar-refractivity contribution in [3.8, 4) is 0 Å². The first-order valence-electron chi connectivity index (χ1n) is 10.5. The number of hydrogen-bond acceptors (Lipinski definition) is 4. The van der Waals surface area contributed by atoms with Crippen LogP contribution in [0.4, 0.5) is 5.82 Å². The lowest BCUT2D eigenvalue weighted by molar-refractivity contribution is -0.129. The number of amides is 2. The third-order valence-corrected chi connectivity index (χ3v) is 6.48. The average molecular weight is 370 g/mol. The Balaban J connectivity index is 1.67. The normalized spacial score (nSPS) is 23.6. The van der Waals surface area contributed by atoms with E-state index in [2.05, 4.69) is 0 Å². The van der Waals surface area contributed by atoms with Gasteiger partial charge in [0.05, 0.1) is 6.04 Å². The van der Waals surface area contributed by atoms with Gasteiger partial charge in [-0.3, -0.25) is 14.5 Å². The van der Waals surface area contributed by atoms with Crippen LogP contribution in [-0.4, -0.2) is 39.8 Å². The first-order chi connectivity index (χ1) is 13.0. The number of carbonyl (C=O) groups is 2. The minimum absolute atomic E-state index is 0.0555. The molecule has 6 nitrogen and oxygen atoms in total. The molecule has 0 N–H and O–H groups in total. The number of likely N-dealkylation sites (tertiary alicyclic amines) is 1.